The van der Waals surface area contributed by atoms with E-state index in [0.717, 1.165) is 10.0 Å². The van der Waals surface area contributed by atoms with Gasteiger partial charge in [-0.1, -0.05) is 51.3 Å². The summed E-state index contributed by atoms with van der Waals surface area (Å²) < 4.78 is 0.989. The highest BCUT2D eigenvalue weighted by Gasteiger charge is 2.17. The number of benzene rings is 1. The van der Waals surface area contributed by atoms with Crippen LogP contribution in [0.2, 0.25) is 10.3 Å². The lowest BCUT2D eigenvalue weighted by Crippen LogP contribution is -2.26. The Morgan fingerprint density at radius 3 is 2.55 bits per heavy atom. The molecule has 0 saturated heterocycles. The Balaban J connectivity index is 2.16. The first-order valence-electron chi connectivity index (χ1n) is 5.66. The van der Waals surface area contributed by atoms with Gasteiger partial charge in [0.05, 0.1) is 5.56 Å². The summed E-state index contributed by atoms with van der Waals surface area (Å²) in [5, 5.41) is 7.39. The molecule has 0 fully saturated rings. The lowest BCUT2D eigenvalue weighted by molar-refractivity contribution is 0.0784. The van der Waals surface area contributed by atoms with Crippen LogP contribution in [-0.2, 0) is 6.54 Å². The van der Waals surface area contributed by atoms with Crippen LogP contribution >= 0.6 is 39.1 Å². The van der Waals surface area contributed by atoms with E-state index in [9.17, 15) is 4.79 Å². The molecule has 0 radical (unpaired) electrons. The van der Waals surface area contributed by atoms with Crippen LogP contribution in [0.25, 0.3) is 0 Å². The molecule has 0 atom stereocenters. The number of carbonyl (C=O) groups is 1. The number of rotatable bonds is 3. The summed E-state index contributed by atoms with van der Waals surface area (Å²) in [7, 11) is 1.69. The average Bonchev–Trinajstić information content (AvgIpc) is 2.43. The molecule has 0 aliphatic rings. The molecule has 1 aromatic heterocycles. The normalized spacial score (nSPS) is 10.4. The van der Waals surface area contributed by atoms with Gasteiger partial charge in [0.2, 0.25) is 0 Å². The van der Waals surface area contributed by atoms with Crippen LogP contribution < -0.4 is 0 Å². The van der Waals surface area contributed by atoms with Gasteiger partial charge in [-0.05, 0) is 23.8 Å². The molecule has 2 rings (SSSR count). The largest absolute Gasteiger partial charge is 0.337 e. The molecule has 1 amide bonds. The van der Waals surface area contributed by atoms with E-state index in [4.69, 9.17) is 23.2 Å². The maximum atomic E-state index is 12.3. The molecule has 0 saturated carbocycles. The Morgan fingerprint density at radius 1 is 1.25 bits per heavy atom. The highest BCUT2D eigenvalue weighted by atomic mass is 79.9. The summed E-state index contributed by atoms with van der Waals surface area (Å²) in [5.41, 5.74) is 1.25. The third-order valence-corrected chi connectivity index (χ3v) is 3.62. The average molecular weight is 375 g/mol. The summed E-state index contributed by atoms with van der Waals surface area (Å²) in [6.45, 7) is 0.461. The van der Waals surface area contributed by atoms with Crippen molar-refractivity contribution < 1.29 is 4.79 Å². The lowest BCUT2D eigenvalue weighted by Gasteiger charge is -2.17. The van der Waals surface area contributed by atoms with E-state index in [1.165, 1.54) is 6.07 Å². The fraction of sp³-hybridized carbons (Fsp3) is 0.154. The maximum Gasteiger partial charge on any atom is 0.257 e. The van der Waals surface area contributed by atoms with Gasteiger partial charge in [0.1, 0.15) is 0 Å². The number of amides is 1. The third kappa shape index (κ3) is 3.69. The van der Waals surface area contributed by atoms with Gasteiger partial charge in [-0.25, -0.2) is 0 Å². The van der Waals surface area contributed by atoms with E-state index in [1.54, 1.807) is 11.9 Å². The van der Waals surface area contributed by atoms with Gasteiger partial charge < -0.3 is 4.90 Å². The summed E-state index contributed by atoms with van der Waals surface area (Å²) >= 11 is 15.0. The van der Waals surface area contributed by atoms with Crippen LogP contribution in [0.3, 0.4) is 0 Å². The van der Waals surface area contributed by atoms with Crippen molar-refractivity contribution in [3.8, 4) is 0 Å². The number of hydrogen-bond donors (Lipinski definition) is 0. The van der Waals surface area contributed by atoms with Crippen molar-refractivity contribution in [3.05, 3.63) is 56.2 Å². The summed E-state index contributed by atoms with van der Waals surface area (Å²) in [6, 6.07) is 9.13. The number of halogens is 3. The minimum atomic E-state index is -0.255. The SMILES string of the molecule is CN(Cc1ccc(Br)cc1)C(=O)c1cc(Cl)nnc1Cl. The smallest absolute Gasteiger partial charge is 0.257 e. The second-order valence-corrected chi connectivity index (χ2v) is 5.82. The number of aromatic nitrogens is 2. The molecule has 0 aliphatic heterocycles. The predicted octanol–water partition coefficient (Wildman–Crippen LogP) is 3.82. The van der Waals surface area contributed by atoms with Gasteiger partial charge in [0.15, 0.2) is 10.3 Å². The summed E-state index contributed by atoms with van der Waals surface area (Å²) in [6.07, 6.45) is 0. The Kier molecular flexibility index (Phi) is 4.96. The van der Waals surface area contributed by atoms with Crippen molar-refractivity contribution in [2.75, 3.05) is 7.05 Å². The molecule has 4 nitrogen and oxygen atoms in total. The maximum absolute atomic E-state index is 12.3. The molecule has 0 aliphatic carbocycles. The van der Waals surface area contributed by atoms with Crippen molar-refractivity contribution in [2.45, 2.75) is 6.54 Å². The van der Waals surface area contributed by atoms with Gasteiger partial charge in [0.25, 0.3) is 5.91 Å². The van der Waals surface area contributed by atoms with Crippen molar-refractivity contribution >= 4 is 45.0 Å². The third-order valence-electron chi connectivity index (χ3n) is 2.63. The molecular weight excluding hydrogens is 365 g/mol. The first-order valence-corrected chi connectivity index (χ1v) is 7.21. The van der Waals surface area contributed by atoms with E-state index >= 15 is 0 Å². The quantitative estimate of drug-likeness (QED) is 0.820. The van der Waals surface area contributed by atoms with Crippen LogP contribution in [0.1, 0.15) is 15.9 Å². The number of nitrogens with zero attached hydrogens (tertiary/aromatic N) is 3. The highest BCUT2D eigenvalue weighted by molar-refractivity contribution is 9.10. The number of carbonyl (C=O) groups excluding carboxylic acids is 1. The van der Waals surface area contributed by atoms with Crippen molar-refractivity contribution in [1.29, 1.82) is 0 Å². The molecule has 1 aromatic carbocycles. The molecule has 0 spiro atoms. The molecule has 7 heteroatoms. The molecular formula is C13H10BrCl2N3O. The molecule has 20 heavy (non-hydrogen) atoms. The Bertz CT molecular complexity index is 634. The second kappa shape index (κ2) is 6.52. The first kappa shape index (κ1) is 15.2. The highest BCUT2D eigenvalue weighted by Crippen LogP contribution is 2.18. The van der Waals surface area contributed by atoms with Gasteiger partial charge in [-0.3, -0.25) is 4.79 Å². The molecule has 1 heterocycles. The van der Waals surface area contributed by atoms with Gasteiger partial charge in [-0.15, -0.1) is 10.2 Å². The molecule has 104 valence electrons. The van der Waals surface area contributed by atoms with Gasteiger partial charge >= 0.3 is 0 Å². The van der Waals surface area contributed by atoms with Crippen LogP contribution in [0.4, 0.5) is 0 Å². The van der Waals surface area contributed by atoms with E-state index in [1.807, 2.05) is 24.3 Å². The monoisotopic (exact) mass is 373 g/mol. The molecule has 0 unspecified atom stereocenters. The Morgan fingerprint density at radius 2 is 1.90 bits per heavy atom. The van der Waals surface area contributed by atoms with Crippen molar-refractivity contribution in [3.63, 3.8) is 0 Å². The van der Waals surface area contributed by atoms with Crippen molar-refractivity contribution in [2.24, 2.45) is 0 Å². The van der Waals surface area contributed by atoms with E-state index in [0.29, 0.717) is 6.54 Å². The van der Waals surface area contributed by atoms with Crippen LogP contribution in [-0.4, -0.2) is 28.1 Å². The predicted molar refractivity (Wildman–Crippen MR) is 82.0 cm³/mol. The fourth-order valence-electron chi connectivity index (χ4n) is 1.64. The lowest BCUT2D eigenvalue weighted by atomic mass is 10.2. The zero-order valence-corrected chi connectivity index (χ0v) is 13.6. The van der Waals surface area contributed by atoms with E-state index in [2.05, 4.69) is 26.1 Å². The van der Waals surface area contributed by atoms with Crippen LogP contribution in [0, 0.1) is 0 Å². The minimum Gasteiger partial charge on any atom is -0.337 e. The molecule has 2 aromatic rings. The zero-order valence-electron chi connectivity index (χ0n) is 10.5. The van der Waals surface area contributed by atoms with Crippen molar-refractivity contribution in [1.82, 2.24) is 15.1 Å². The fourth-order valence-corrected chi connectivity index (χ4v) is 2.23. The number of hydrogen-bond acceptors (Lipinski definition) is 3. The molecule has 0 N–H and O–H groups in total. The van der Waals surface area contributed by atoms with Crippen LogP contribution in [0.15, 0.2) is 34.8 Å². The first-order chi connectivity index (χ1) is 9.47. The minimum absolute atomic E-state index is 0.0436. The van der Waals surface area contributed by atoms with E-state index < -0.39 is 0 Å². The Labute approximate surface area is 134 Å². The van der Waals surface area contributed by atoms with Gasteiger partial charge in [0, 0.05) is 18.1 Å². The van der Waals surface area contributed by atoms with E-state index in [-0.39, 0.29) is 21.8 Å². The van der Waals surface area contributed by atoms with Crippen LogP contribution in [0.5, 0.6) is 0 Å². The summed E-state index contributed by atoms with van der Waals surface area (Å²) in [5.74, 6) is -0.255. The zero-order chi connectivity index (χ0) is 14.7. The van der Waals surface area contributed by atoms with Gasteiger partial charge in [-0.2, -0.15) is 0 Å². The summed E-state index contributed by atoms with van der Waals surface area (Å²) in [4.78, 5) is 13.8. The topological polar surface area (TPSA) is 46.1 Å². The molecule has 0 bridgehead atoms. The standard InChI is InChI=1S/C13H10BrCl2N3O/c1-19(7-8-2-4-9(14)5-3-8)13(20)10-6-11(15)17-18-12(10)16/h2-6H,7H2,1H3. The second-order valence-electron chi connectivity index (χ2n) is 4.16. The Hall–Kier alpha value is -1.17.